The van der Waals surface area contributed by atoms with E-state index in [9.17, 15) is 4.79 Å². The van der Waals surface area contributed by atoms with Crippen LogP contribution in [0.3, 0.4) is 0 Å². The molecule has 0 atom stereocenters. The lowest BCUT2D eigenvalue weighted by Gasteiger charge is -2.31. The normalized spacial score (nSPS) is 15.1. The maximum atomic E-state index is 13.1. The van der Waals surface area contributed by atoms with Gasteiger partial charge >= 0.3 is 0 Å². The molecule has 2 aromatic heterocycles. The van der Waals surface area contributed by atoms with E-state index in [-0.39, 0.29) is 18.3 Å². The zero-order valence-corrected chi connectivity index (χ0v) is 18.0. The smallest absolute Gasteiger partial charge is 0.265 e. The number of thiazole rings is 1. The summed E-state index contributed by atoms with van der Waals surface area (Å²) in [5.74, 6) is 0.141. The van der Waals surface area contributed by atoms with E-state index in [1.165, 1.54) is 30.6 Å². The molecule has 1 fully saturated rings. The van der Waals surface area contributed by atoms with Crippen LogP contribution in [0.25, 0.3) is 16.0 Å². The van der Waals surface area contributed by atoms with Gasteiger partial charge in [0.25, 0.3) is 5.91 Å². The van der Waals surface area contributed by atoms with Gasteiger partial charge in [-0.25, -0.2) is 4.98 Å². The first-order valence-electron chi connectivity index (χ1n) is 9.33. The number of halogens is 1. The molecule has 3 aromatic rings. The number of benzene rings is 1. The highest BCUT2D eigenvalue weighted by Crippen LogP contribution is 2.31. The molecule has 1 amide bonds. The fraction of sp³-hybridized carbons (Fsp3) is 0.500. The molecule has 5 nitrogen and oxygen atoms in total. The lowest BCUT2D eigenvalue weighted by Crippen LogP contribution is -2.38. The number of carbonyl (C=O) groups is 1. The maximum absolute atomic E-state index is 13.1. The number of imidazole rings is 1. The van der Waals surface area contributed by atoms with Crippen molar-refractivity contribution in [2.24, 2.45) is 0 Å². The molecule has 0 saturated heterocycles. The monoisotopic (exact) mass is 406 g/mol. The van der Waals surface area contributed by atoms with Crippen molar-refractivity contribution in [3.05, 3.63) is 28.8 Å². The van der Waals surface area contributed by atoms with Crippen molar-refractivity contribution >= 4 is 51.3 Å². The number of anilines is 1. The van der Waals surface area contributed by atoms with Gasteiger partial charge in [-0.05, 0) is 38.0 Å². The van der Waals surface area contributed by atoms with Crippen molar-refractivity contribution < 1.29 is 4.79 Å². The van der Waals surface area contributed by atoms with Crippen molar-refractivity contribution in [2.75, 3.05) is 26.0 Å². The predicted octanol–water partition coefficient (Wildman–Crippen LogP) is 4.75. The molecule has 0 N–H and O–H groups in total. The lowest BCUT2D eigenvalue weighted by atomic mass is 9.94. The quantitative estimate of drug-likeness (QED) is 0.630. The summed E-state index contributed by atoms with van der Waals surface area (Å²) >= 11 is 1.51. The van der Waals surface area contributed by atoms with Gasteiger partial charge in [-0.15, -0.1) is 12.4 Å². The Kier molecular flexibility index (Phi) is 5.68. The zero-order chi connectivity index (χ0) is 18.4. The minimum absolute atomic E-state index is 0. The van der Waals surface area contributed by atoms with Gasteiger partial charge in [-0.2, -0.15) is 0 Å². The number of aromatic nitrogens is 2. The predicted molar refractivity (Wildman–Crippen MR) is 116 cm³/mol. The van der Waals surface area contributed by atoms with Crippen LogP contribution >= 0.6 is 23.7 Å². The first kappa shape index (κ1) is 20.0. The summed E-state index contributed by atoms with van der Waals surface area (Å²) in [5, 5.41) is 0. The highest BCUT2D eigenvalue weighted by Gasteiger charge is 2.27. The van der Waals surface area contributed by atoms with Crippen molar-refractivity contribution in [3.63, 3.8) is 0 Å². The molecule has 4 rings (SSSR count). The minimum atomic E-state index is 0. The van der Waals surface area contributed by atoms with Crippen LogP contribution in [0.5, 0.6) is 0 Å². The van der Waals surface area contributed by atoms with Gasteiger partial charge in [0.15, 0.2) is 4.96 Å². The number of carbonyl (C=O) groups excluding carboxylic acids is 1. The van der Waals surface area contributed by atoms with Crippen LogP contribution in [-0.2, 0) is 0 Å². The lowest BCUT2D eigenvalue weighted by molar-refractivity contribution is 0.0700. The molecule has 0 unspecified atom stereocenters. The molecule has 1 aromatic carbocycles. The van der Waals surface area contributed by atoms with Crippen LogP contribution in [0.2, 0.25) is 0 Å². The Morgan fingerprint density at radius 3 is 2.56 bits per heavy atom. The van der Waals surface area contributed by atoms with Crippen LogP contribution in [0.4, 0.5) is 5.69 Å². The van der Waals surface area contributed by atoms with Gasteiger partial charge < -0.3 is 9.80 Å². The number of hydrogen-bond donors (Lipinski definition) is 0. The van der Waals surface area contributed by atoms with Crippen LogP contribution in [0, 0.1) is 6.92 Å². The molecule has 27 heavy (non-hydrogen) atoms. The molecule has 0 radical (unpaired) electrons. The summed E-state index contributed by atoms with van der Waals surface area (Å²) in [6, 6.07) is 6.66. The summed E-state index contributed by atoms with van der Waals surface area (Å²) in [6.07, 6.45) is 6.00. The molecule has 1 aliphatic carbocycles. The average Bonchev–Trinajstić information content (AvgIpc) is 3.17. The number of amides is 1. The first-order chi connectivity index (χ1) is 12.5. The van der Waals surface area contributed by atoms with Gasteiger partial charge in [-0.1, -0.05) is 30.6 Å². The average molecular weight is 407 g/mol. The summed E-state index contributed by atoms with van der Waals surface area (Å²) in [5.41, 5.74) is 4.18. The second-order valence-electron chi connectivity index (χ2n) is 7.52. The van der Waals surface area contributed by atoms with E-state index >= 15 is 0 Å². The molecular weight excluding hydrogens is 380 g/mol. The van der Waals surface area contributed by atoms with Gasteiger partial charge in [-0.3, -0.25) is 9.20 Å². The molecule has 1 aliphatic rings. The third kappa shape index (κ3) is 3.41. The third-order valence-electron chi connectivity index (χ3n) is 5.62. The summed E-state index contributed by atoms with van der Waals surface area (Å²) in [6.45, 7) is 2.04. The standard InChI is InChI=1S/C20H26N4OS.ClH/c1-13-18(19(25)23(4)14-8-6-5-7-9-14)26-20-21-16-11-10-15(22(2)3)12-17(16)24(13)20;/h10-12,14H,5-9H2,1-4H3;1H. The first-order valence-corrected chi connectivity index (χ1v) is 10.1. The number of nitrogens with zero attached hydrogens (tertiary/aromatic N) is 4. The van der Waals surface area contributed by atoms with E-state index in [4.69, 9.17) is 4.98 Å². The second-order valence-corrected chi connectivity index (χ2v) is 8.50. The van der Waals surface area contributed by atoms with Gasteiger partial charge in [0, 0.05) is 38.6 Å². The third-order valence-corrected chi connectivity index (χ3v) is 6.75. The largest absolute Gasteiger partial charge is 0.378 e. The van der Waals surface area contributed by atoms with Gasteiger partial charge in [0.1, 0.15) is 4.88 Å². The van der Waals surface area contributed by atoms with Crippen LogP contribution in [0.15, 0.2) is 18.2 Å². The van der Waals surface area contributed by atoms with E-state index in [1.807, 2.05) is 33.0 Å². The molecule has 2 heterocycles. The summed E-state index contributed by atoms with van der Waals surface area (Å²) in [4.78, 5) is 23.6. The molecule has 0 spiro atoms. The van der Waals surface area contributed by atoms with Crippen molar-refractivity contribution in [1.29, 1.82) is 0 Å². The van der Waals surface area contributed by atoms with E-state index in [2.05, 4.69) is 27.5 Å². The number of aryl methyl sites for hydroxylation is 1. The van der Waals surface area contributed by atoms with Crippen molar-refractivity contribution in [3.8, 4) is 0 Å². The van der Waals surface area contributed by atoms with E-state index in [1.54, 1.807) is 0 Å². The topological polar surface area (TPSA) is 40.9 Å². The maximum Gasteiger partial charge on any atom is 0.265 e. The number of hydrogen-bond acceptors (Lipinski definition) is 4. The molecule has 1 saturated carbocycles. The van der Waals surface area contributed by atoms with Crippen molar-refractivity contribution in [2.45, 2.75) is 45.1 Å². The Morgan fingerprint density at radius 2 is 1.89 bits per heavy atom. The van der Waals surface area contributed by atoms with Gasteiger partial charge in [0.2, 0.25) is 0 Å². The minimum Gasteiger partial charge on any atom is -0.378 e. The second kappa shape index (κ2) is 7.68. The highest BCUT2D eigenvalue weighted by molar-refractivity contribution is 7.19. The zero-order valence-electron chi connectivity index (χ0n) is 16.4. The highest BCUT2D eigenvalue weighted by atomic mass is 35.5. The fourth-order valence-electron chi connectivity index (χ4n) is 3.97. The molecular formula is C20H27ClN4OS. The molecule has 0 bridgehead atoms. The Morgan fingerprint density at radius 1 is 1.19 bits per heavy atom. The fourth-order valence-corrected chi connectivity index (χ4v) is 5.10. The van der Waals surface area contributed by atoms with Gasteiger partial charge in [0.05, 0.1) is 11.0 Å². The van der Waals surface area contributed by atoms with Crippen molar-refractivity contribution in [1.82, 2.24) is 14.3 Å². The number of fused-ring (bicyclic) bond motifs is 3. The molecule has 146 valence electrons. The van der Waals surface area contributed by atoms with Crippen LogP contribution in [-0.4, -0.2) is 47.4 Å². The Bertz CT molecular complexity index is 971. The Labute approximate surface area is 170 Å². The van der Waals surface area contributed by atoms with E-state index in [0.717, 1.165) is 45.1 Å². The Hall–Kier alpha value is -1.79. The summed E-state index contributed by atoms with van der Waals surface area (Å²) in [7, 11) is 6.03. The van der Waals surface area contributed by atoms with E-state index < -0.39 is 0 Å². The van der Waals surface area contributed by atoms with Crippen LogP contribution < -0.4 is 4.90 Å². The molecule has 0 aliphatic heterocycles. The Balaban J connectivity index is 0.00000210. The van der Waals surface area contributed by atoms with E-state index in [0.29, 0.717) is 6.04 Å². The number of rotatable bonds is 3. The summed E-state index contributed by atoms with van der Waals surface area (Å²) < 4.78 is 2.13. The molecule has 7 heteroatoms. The SMILES string of the molecule is Cc1c(C(=O)N(C)C2CCCCC2)sc2nc3ccc(N(C)C)cc3n12.Cl. The van der Waals surface area contributed by atoms with Crippen LogP contribution in [0.1, 0.15) is 47.5 Å².